The lowest BCUT2D eigenvalue weighted by molar-refractivity contribution is -0.139. The van der Waals surface area contributed by atoms with Crippen LogP contribution in [-0.2, 0) is 26.5 Å². The summed E-state index contributed by atoms with van der Waals surface area (Å²) in [6.45, 7) is 3.39. The summed E-state index contributed by atoms with van der Waals surface area (Å²) in [7, 11) is 0. The Labute approximate surface area is 245 Å². The zero-order valence-electron chi connectivity index (χ0n) is 23.2. The molecule has 3 aliphatic heterocycles. The smallest absolute Gasteiger partial charge is 0.264 e. The number of halogens is 1. The van der Waals surface area contributed by atoms with Gasteiger partial charge in [0.25, 0.3) is 5.91 Å². The number of nitrogens with zero attached hydrogens (tertiary/aromatic N) is 2. The van der Waals surface area contributed by atoms with Crippen LogP contribution in [0.2, 0.25) is 5.02 Å². The van der Waals surface area contributed by atoms with Crippen molar-refractivity contribution in [2.24, 2.45) is 5.92 Å². The fourth-order valence-corrected chi connectivity index (χ4v) is 6.25. The number of hydrogen-bond donors (Lipinski definition) is 4. The normalized spacial score (nSPS) is 24.7. The minimum absolute atomic E-state index is 0.0528. The van der Waals surface area contributed by atoms with Crippen LogP contribution in [0.1, 0.15) is 50.2 Å². The van der Waals surface area contributed by atoms with E-state index in [4.69, 9.17) is 11.6 Å². The molecule has 4 N–H and O–H groups in total. The quantitative estimate of drug-likeness (QED) is 0.338. The zero-order valence-corrected chi connectivity index (χ0v) is 23.9. The van der Waals surface area contributed by atoms with Crippen LogP contribution in [0.25, 0.3) is 0 Å². The molecule has 0 spiro atoms. The summed E-state index contributed by atoms with van der Waals surface area (Å²) >= 11 is 6.29. The third-order valence-electron chi connectivity index (χ3n) is 8.45. The molecule has 3 heterocycles. The van der Waals surface area contributed by atoms with Crippen LogP contribution in [0.3, 0.4) is 0 Å². The largest absolute Gasteiger partial charge is 0.394 e. The summed E-state index contributed by atoms with van der Waals surface area (Å²) in [5.41, 5.74) is 0.648. The predicted molar refractivity (Wildman–Crippen MR) is 157 cm³/mol. The molecule has 0 aromatic heterocycles. The van der Waals surface area contributed by atoms with Crippen LogP contribution in [-0.4, -0.2) is 64.6 Å². The number of carbonyl (C=O) groups is 3. The number of benzene rings is 2. The molecule has 10 heteroatoms. The van der Waals surface area contributed by atoms with Crippen LogP contribution >= 0.6 is 11.6 Å². The Morgan fingerprint density at radius 2 is 1.98 bits per heavy atom. The second-order valence-electron chi connectivity index (χ2n) is 11.1. The molecule has 5 rings (SSSR count). The Morgan fingerprint density at radius 1 is 1.20 bits per heavy atom. The van der Waals surface area contributed by atoms with E-state index in [1.165, 1.54) is 0 Å². The van der Waals surface area contributed by atoms with E-state index in [1.807, 2.05) is 24.3 Å². The summed E-state index contributed by atoms with van der Waals surface area (Å²) in [6.07, 6.45) is 6.97. The van der Waals surface area contributed by atoms with Gasteiger partial charge in [0.15, 0.2) is 5.60 Å². The number of likely N-dealkylation sites (tertiary alicyclic amines) is 1. The third-order valence-corrected chi connectivity index (χ3v) is 8.69. The first-order valence-electron chi connectivity index (χ1n) is 14.3. The SMILES string of the molecule is C[C@H](/C=C/CC(=O)N1CCC[C@H]1CO)[C@@]1(O)C(=O)N(Cc2ccc(NC(=O)[C@H]3CCCN3)cc2)c2ccc(Cl)cc21. The average molecular weight is 581 g/mol. The minimum atomic E-state index is -1.86. The molecular weight excluding hydrogens is 544 g/mol. The van der Waals surface area contributed by atoms with Gasteiger partial charge in [-0.15, -0.1) is 0 Å². The van der Waals surface area contributed by atoms with E-state index in [0.717, 1.165) is 37.8 Å². The Morgan fingerprint density at radius 3 is 2.68 bits per heavy atom. The number of carbonyl (C=O) groups excluding carboxylic acids is 3. The summed E-state index contributed by atoms with van der Waals surface area (Å²) in [6, 6.07) is 12.0. The number of rotatable bonds is 9. The average Bonchev–Trinajstić information content (AvgIpc) is 3.72. The van der Waals surface area contributed by atoms with E-state index < -0.39 is 17.4 Å². The highest BCUT2D eigenvalue weighted by Crippen LogP contribution is 2.46. The molecule has 3 amide bonds. The van der Waals surface area contributed by atoms with Crippen LogP contribution < -0.4 is 15.5 Å². The number of aliphatic hydroxyl groups excluding tert-OH is 1. The molecule has 0 aliphatic carbocycles. The molecule has 2 fully saturated rings. The van der Waals surface area contributed by atoms with Gasteiger partial charge < -0.3 is 30.6 Å². The molecular formula is C31H37ClN4O5. The number of hydrogen-bond acceptors (Lipinski definition) is 6. The highest BCUT2D eigenvalue weighted by Gasteiger charge is 2.52. The molecule has 0 bridgehead atoms. The summed E-state index contributed by atoms with van der Waals surface area (Å²) < 4.78 is 0. The number of aliphatic hydroxyl groups is 2. The van der Waals surface area contributed by atoms with Crippen LogP contribution in [0.5, 0.6) is 0 Å². The van der Waals surface area contributed by atoms with Crippen molar-refractivity contribution in [3.8, 4) is 0 Å². The number of anilines is 2. The molecule has 0 radical (unpaired) electrons. The standard InChI is InChI=1S/C31H37ClN4O5/c1-20(5-2-8-28(38)35-16-4-6-24(35)19-37)31(41)25-17-22(32)11-14-27(25)36(30(31)40)18-21-9-12-23(13-10-21)34-29(39)26-7-3-15-33-26/h2,5,9-14,17,20,24,26,33,37,41H,3-4,6-8,15-16,18-19H2,1H3,(H,34,39)/b5-2+/t20-,24+,26-,31+/m1/s1. The molecule has 4 atom stereocenters. The molecule has 2 saturated heterocycles. The number of amides is 3. The summed E-state index contributed by atoms with van der Waals surface area (Å²) in [4.78, 5) is 42.2. The highest BCUT2D eigenvalue weighted by atomic mass is 35.5. The second-order valence-corrected chi connectivity index (χ2v) is 11.6. The van der Waals surface area contributed by atoms with E-state index in [1.54, 1.807) is 47.1 Å². The van der Waals surface area contributed by atoms with Gasteiger partial charge in [-0.05, 0) is 68.1 Å². The Balaban J connectivity index is 1.29. The van der Waals surface area contributed by atoms with E-state index in [0.29, 0.717) is 28.5 Å². The van der Waals surface area contributed by atoms with Gasteiger partial charge in [0.05, 0.1) is 30.9 Å². The first-order valence-corrected chi connectivity index (χ1v) is 14.6. The second kappa shape index (κ2) is 12.3. The summed E-state index contributed by atoms with van der Waals surface area (Å²) in [5.74, 6) is -1.25. The van der Waals surface area contributed by atoms with Gasteiger partial charge in [0.1, 0.15) is 0 Å². The van der Waals surface area contributed by atoms with Crippen molar-refractivity contribution in [1.29, 1.82) is 0 Å². The molecule has 2 aromatic carbocycles. The van der Waals surface area contributed by atoms with E-state index in [2.05, 4.69) is 10.6 Å². The van der Waals surface area contributed by atoms with Crippen molar-refractivity contribution in [2.75, 3.05) is 29.9 Å². The van der Waals surface area contributed by atoms with Crippen molar-refractivity contribution < 1.29 is 24.6 Å². The third kappa shape index (κ3) is 5.90. The maximum Gasteiger partial charge on any atom is 0.264 e. The van der Waals surface area contributed by atoms with Gasteiger partial charge in [-0.3, -0.25) is 14.4 Å². The first-order chi connectivity index (χ1) is 19.7. The Hall–Kier alpha value is -3.24. The molecule has 2 aromatic rings. The Bertz CT molecular complexity index is 1330. The van der Waals surface area contributed by atoms with Crippen LogP contribution in [0, 0.1) is 5.92 Å². The maximum absolute atomic E-state index is 13.8. The van der Waals surface area contributed by atoms with Crippen LogP contribution in [0.15, 0.2) is 54.6 Å². The molecule has 9 nitrogen and oxygen atoms in total. The van der Waals surface area contributed by atoms with Gasteiger partial charge >= 0.3 is 0 Å². The van der Waals surface area contributed by atoms with Crippen molar-refractivity contribution >= 4 is 40.7 Å². The van der Waals surface area contributed by atoms with Crippen LogP contribution in [0.4, 0.5) is 11.4 Å². The molecule has 41 heavy (non-hydrogen) atoms. The lowest BCUT2D eigenvalue weighted by Gasteiger charge is -2.28. The number of nitrogens with one attached hydrogen (secondary N) is 2. The number of fused-ring (bicyclic) bond motifs is 1. The molecule has 0 saturated carbocycles. The Kier molecular flexibility index (Phi) is 8.79. The molecule has 3 aliphatic rings. The predicted octanol–water partition coefficient (Wildman–Crippen LogP) is 3.33. The van der Waals surface area contributed by atoms with E-state index in [-0.39, 0.29) is 43.5 Å². The van der Waals surface area contributed by atoms with E-state index >= 15 is 0 Å². The topological polar surface area (TPSA) is 122 Å². The highest BCUT2D eigenvalue weighted by molar-refractivity contribution is 6.31. The maximum atomic E-state index is 13.8. The van der Waals surface area contributed by atoms with Crippen molar-refractivity contribution in [2.45, 2.75) is 63.3 Å². The summed E-state index contributed by atoms with van der Waals surface area (Å²) in [5, 5.41) is 27.9. The fourth-order valence-electron chi connectivity index (χ4n) is 6.07. The fraction of sp³-hybridized carbons (Fsp3) is 0.452. The monoisotopic (exact) mass is 580 g/mol. The first kappa shape index (κ1) is 29.3. The minimum Gasteiger partial charge on any atom is -0.394 e. The zero-order chi connectivity index (χ0) is 29.1. The van der Waals surface area contributed by atoms with E-state index in [9.17, 15) is 24.6 Å². The molecule has 218 valence electrons. The van der Waals surface area contributed by atoms with Gasteiger partial charge in [-0.1, -0.05) is 42.8 Å². The van der Waals surface area contributed by atoms with Crippen molar-refractivity contribution in [3.05, 3.63) is 70.8 Å². The van der Waals surface area contributed by atoms with Gasteiger partial charge in [-0.25, -0.2) is 0 Å². The van der Waals surface area contributed by atoms with Gasteiger partial charge in [0.2, 0.25) is 11.8 Å². The lowest BCUT2D eigenvalue weighted by atomic mass is 9.83. The van der Waals surface area contributed by atoms with Gasteiger partial charge in [0, 0.05) is 35.2 Å². The van der Waals surface area contributed by atoms with Gasteiger partial charge in [-0.2, -0.15) is 0 Å². The molecule has 0 unspecified atom stereocenters. The lowest BCUT2D eigenvalue weighted by Crippen LogP contribution is -2.44. The van der Waals surface area contributed by atoms with Crippen molar-refractivity contribution in [1.82, 2.24) is 10.2 Å². The van der Waals surface area contributed by atoms with Crippen molar-refractivity contribution in [3.63, 3.8) is 0 Å².